The van der Waals surface area contributed by atoms with Gasteiger partial charge < -0.3 is 10.2 Å². The Hall–Kier alpha value is -2.82. The highest BCUT2D eigenvalue weighted by atomic mass is 16.3. The van der Waals surface area contributed by atoms with Crippen LogP contribution in [-0.2, 0) is 5.41 Å². The highest BCUT2D eigenvalue weighted by Gasteiger charge is 2.14. The summed E-state index contributed by atoms with van der Waals surface area (Å²) in [5.41, 5.74) is 5.03. The van der Waals surface area contributed by atoms with E-state index in [0.29, 0.717) is 16.8 Å². The zero-order chi connectivity index (χ0) is 17.9. The van der Waals surface area contributed by atoms with Gasteiger partial charge in [0.2, 0.25) is 0 Å². The van der Waals surface area contributed by atoms with Crippen molar-refractivity contribution in [3.8, 4) is 11.5 Å². The lowest BCUT2D eigenvalue weighted by Gasteiger charge is -2.18. The molecule has 5 nitrogen and oxygen atoms in total. The van der Waals surface area contributed by atoms with Crippen LogP contribution in [0, 0.1) is 0 Å². The van der Waals surface area contributed by atoms with Crippen LogP contribution in [0.3, 0.4) is 0 Å². The van der Waals surface area contributed by atoms with Crippen LogP contribution in [0.5, 0.6) is 11.5 Å². The van der Waals surface area contributed by atoms with E-state index in [1.807, 2.05) is 12.1 Å². The Morgan fingerprint density at radius 3 is 2.21 bits per heavy atom. The molecular weight excluding hydrogens is 304 g/mol. The van der Waals surface area contributed by atoms with Crippen molar-refractivity contribution in [3.05, 3.63) is 59.2 Å². The molecule has 3 N–H and O–H groups in total. The molecule has 126 valence electrons. The number of carbonyl (C=O) groups is 1. The SMILES string of the molecule is CC(=NNC(=O)c1ccc(C(C)(C)C)cc1)c1ccc(O)cc1O. The van der Waals surface area contributed by atoms with E-state index >= 15 is 0 Å². The lowest BCUT2D eigenvalue weighted by atomic mass is 9.87. The maximum Gasteiger partial charge on any atom is 0.271 e. The third-order valence-electron chi connectivity index (χ3n) is 3.71. The Labute approximate surface area is 141 Å². The average Bonchev–Trinajstić information content (AvgIpc) is 2.51. The Kier molecular flexibility index (Phi) is 4.93. The standard InChI is InChI=1S/C19H22N2O3/c1-12(16-10-9-15(22)11-17(16)23)20-21-18(24)13-5-7-14(8-6-13)19(2,3)4/h5-11,22-23H,1-4H3,(H,21,24). The second-order valence-corrected chi connectivity index (χ2v) is 6.67. The van der Waals surface area contributed by atoms with E-state index in [1.165, 1.54) is 18.2 Å². The van der Waals surface area contributed by atoms with E-state index in [0.717, 1.165) is 5.56 Å². The van der Waals surface area contributed by atoms with Gasteiger partial charge in [0.1, 0.15) is 11.5 Å². The number of amides is 1. The zero-order valence-corrected chi connectivity index (χ0v) is 14.3. The van der Waals surface area contributed by atoms with E-state index in [1.54, 1.807) is 19.1 Å². The number of benzene rings is 2. The molecule has 0 fully saturated rings. The number of hydrogen-bond donors (Lipinski definition) is 3. The van der Waals surface area contributed by atoms with Gasteiger partial charge in [0.15, 0.2) is 0 Å². The van der Waals surface area contributed by atoms with Crippen LogP contribution in [0.2, 0.25) is 0 Å². The topological polar surface area (TPSA) is 81.9 Å². The highest BCUT2D eigenvalue weighted by molar-refractivity contribution is 6.02. The molecule has 5 heteroatoms. The van der Waals surface area contributed by atoms with Crippen molar-refractivity contribution >= 4 is 11.6 Å². The quantitative estimate of drug-likeness (QED) is 0.596. The first-order valence-corrected chi connectivity index (χ1v) is 7.66. The monoisotopic (exact) mass is 326 g/mol. The van der Waals surface area contributed by atoms with Gasteiger partial charge in [-0.2, -0.15) is 5.10 Å². The van der Waals surface area contributed by atoms with E-state index in [-0.39, 0.29) is 22.8 Å². The largest absolute Gasteiger partial charge is 0.508 e. The van der Waals surface area contributed by atoms with E-state index < -0.39 is 0 Å². The summed E-state index contributed by atoms with van der Waals surface area (Å²) in [6.45, 7) is 7.99. The summed E-state index contributed by atoms with van der Waals surface area (Å²) in [6, 6.07) is 11.6. The first-order valence-electron chi connectivity index (χ1n) is 7.66. The van der Waals surface area contributed by atoms with Crippen LogP contribution in [-0.4, -0.2) is 21.8 Å². The van der Waals surface area contributed by atoms with Crippen molar-refractivity contribution < 1.29 is 15.0 Å². The third kappa shape index (κ3) is 4.13. The van der Waals surface area contributed by atoms with Gasteiger partial charge in [0.25, 0.3) is 5.91 Å². The molecule has 0 unspecified atom stereocenters. The third-order valence-corrected chi connectivity index (χ3v) is 3.71. The van der Waals surface area contributed by atoms with Crippen LogP contribution < -0.4 is 5.43 Å². The van der Waals surface area contributed by atoms with Crippen LogP contribution >= 0.6 is 0 Å². The molecule has 0 aliphatic heterocycles. The van der Waals surface area contributed by atoms with Gasteiger partial charge in [-0.05, 0) is 42.2 Å². The molecule has 24 heavy (non-hydrogen) atoms. The minimum Gasteiger partial charge on any atom is -0.508 e. The molecule has 2 aromatic carbocycles. The van der Waals surface area contributed by atoms with Gasteiger partial charge in [-0.3, -0.25) is 4.79 Å². The van der Waals surface area contributed by atoms with Crippen molar-refractivity contribution in [1.29, 1.82) is 0 Å². The number of phenols is 2. The first kappa shape index (κ1) is 17.5. The predicted octanol–water partition coefficient (Wildman–Crippen LogP) is 3.55. The van der Waals surface area contributed by atoms with Gasteiger partial charge in [-0.25, -0.2) is 5.43 Å². The summed E-state index contributed by atoms with van der Waals surface area (Å²) < 4.78 is 0. The molecule has 0 bridgehead atoms. The second-order valence-electron chi connectivity index (χ2n) is 6.67. The Bertz CT molecular complexity index is 772. The molecule has 0 atom stereocenters. The molecule has 2 aromatic rings. The molecule has 0 heterocycles. The summed E-state index contributed by atoms with van der Waals surface area (Å²) in [7, 11) is 0. The second kappa shape index (κ2) is 6.74. The molecular formula is C19H22N2O3. The summed E-state index contributed by atoms with van der Waals surface area (Å²) in [6.07, 6.45) is 0. The molecule has 0 spiro atoms. The van der Waals surface area contributed by atoms with Crippen LogP contribution in [0.15, 0.2) is 47.6 Å². The van der Waals surface area contributed by atoms with E-state index in [4.69, 9.17) is 0 Å². The number of nitrogens with zero attached hydrogens (tertiary/aromatic N) is 1. The van der Waals surface area contributed by atoms with Gasteiger partial charge in [0, 0.05) is 17.2 Å². The highest BCUT2D eigenvalue weighted by Crippen LogP contribution is 2.23. The summed E-state index contributed by atoms with van der Waals surface area (Å²) >= 11 is 0. The number of rotatable bonds is 3. The van der Waals surface area contributed by atoms with E-state index in [2.05, 4.69) is 31.3 Å². The number of nitrogens with one attached hydrogen (secondary N) is 1. The number of hydrogen-bond acceptors (Lipinski definition) is 4. The Balaban J connectivity index is 2.11. The van der Waals surface area contributed by atoms with Crippen molar-refractivity contribution in [2.24, 2.45) is 5.10 Å². The molecule has 0 radical (unpaired) electrons. The first-order chi connectivity index (χ1) is 11.2. The molecule has 0 saturated heterocycles. The number of carbonyl (C=O) groups excluding carboxylic acids is 1. The van der Waals surface area contributed by atoms with Crippen molar-refractivity contribution in [3.63, 3.8) is 0 Å². The Morgan fingerprint density at radius 1 is 1.04 bits per heavy atom. The van der Waals surface area contributed by atoms with Gasteiger partial charge in [-0.1, -0.05) is 32.9 Å². The van der Waals surface area contributed by atoms with Crippen molar-refractivity contribution in [1.82, 2.24) is 5.43 Å². The molecule has 0 saturated carbocycles. The fourth-order valence-corrected chi connectivity index (χ4v) is 2.21. The predicted molar refractivity (Wildman–Crippen MR) is 94.6 cm³/mol. The van der Waals surface area contributed by atoms with Crippen LogP contribution in [0.25, 0.3) is 0 Å². The minimum absolute atomic E-state index is 0.0279. The lowest BCUT2D eigenvalue weighted by molar-refractivity contribution is 0.0954. The van der Waals surface area contributed by atoms with Crippen LogP contribution in [0.4, 0.5) is 0 Å². The molecule has 0 aliphatic rings. The van der Waals surface area contributed by atoms with Crippen molar-refractivity contribution in [2.75, 3.05) is 0 Å². The maximum atomic E-state index is 12.2. The molecule has 2 rings (SSSR count). The minimum atomic E-state index is -0.326. The summed E-state index contributed by atoms with van der Waals surface area (Å²) in [5.74, 6) is -0.458. The smallest absolute Gasteiger partial charge is 0.271 e. The lowest BCUT2D eigenvalue weighted by Crippen LogP contribution is -2.20. The van der Waals surface area contributed by atoms with Crippen molar-refractivity contribution in [2.45, 2.75) is 33.1 Å². The molecule has 0 aliphatic carbocycles. The molecule has 0 aromatic heterocycles. The zero-order valence-electron chi connectivity index (χ0n) is 14.3. The number of aromatic hydroxyl groups is 2. The van der Waals surface area contributed by atoms with Gasteiger partial charge >= 0.3 is 0 Å². The normalized spacial score (nSPS) is 12.1. The summed E-state index contributed by atoms with van der Waals surface area (Å²) in [5, 5.41) is 23.1. The summed E-state index contributed by atoms with van der Waals surface area (Å²) in [4.78, 5) is 12.2. The molecule has 1 amide bonds. The Morgan fingerprint density at radius 2 is 1.67 bits per heavy atom. The van der Waals surface area contributed by atoms with E-state index in [9.17, 15) is 15.0 Å². The number of hydrazone groups is 1. The van der Waals surface area contributed by atoms with Crippen LogP contribution in [0.1, 0.15) is 49.2 Å². The fraction of sp³-hybridized carbons (Fsp3) is 0.263. The average molecular weight is 326 g/mol. The van der Waals surface area contributed by atoms with Gasteiger partial charge in [0.05, 0.1) is 5.71 Å². The maximum absolute atomic E-state index is 12.2. The number of phenolic OH excluding ortho intramolecular Hbond substituents is 2. The van der Waals surface area contributed by atoms with Gasteiger partial charge in [-0.15, -0.1) is 0 Å². The fourth-order valence-electron chi connectivity index (χ4n) is 2.21.